The zero-order valence-electron chi connectivity index (χ0n) is 28.2. The molecule has 0 aromatic carbocycles. The van der Waals surface area contributed by atoms with Crippen molar-refractivity contribution >= 4 is 69.8 Å². The van der Waals surface area contributed by atoms with Gasteiger partial charge in [0, 0.05) is 76.8 Å². The number of aliphatic hydroxyl groups is 1. The van der Waals surface area contributed by atoms with Crippen molar-refractivity contribution in [1.82, 2.24) is 39.9 Å². The molecular formula is C35H38N10O4S2. The number of aliphatic hydroxyl groups excluding tert-OH is 1. The fourth-order valence-corrected chi connectivity index (χ4v) is 7.11. The number of anilines is 2. The topological polar surface area (TPSA) is 197 Å². The minimum atomic E-state index is -0.740. The first-order valence-corrected chi connectivity index (χ1v) is 18.3. The molecule has 0 aliphatic carbocycles. The van der Waals surface area contributed by atoms with Crippen LogP contribution in [-0.2, 0) is 17.6 Å². The number of hydrogen-bond acceptors (Lipinski definition) is 14. The summed E-state index contributed by atoms with van der Waals surface area (Å²) in [5.74, 6) is 1.01. The Hall–Kier alpha value is -4.90. The van der Waals surface area contributed by atoms with Crippen molar-refractivity contribution in [3.8, 4) is 0 Å². The van der Waals surface area contributed by atoms with Gasteiger partial charge in [0.05, 0.1) is 23.5 Å². The Bertz CT molecular complexity index is 2090. The number of hydrogen-bond donors (Lipinski definition) is 5. The predicted molar refractivity (Wildman–Crippen MR) is 197 cm³/mol. The van der Waals surface area contributed by atoms with Crippen LogP contribution in [0.5, 0.6) is 0 Å². The number of carbonyl (C=O) groups excluding carboxylic acids is 2. The number of nitrogens with zero attached hydrogens (tertiary/aromatic N) is 6. The molecule has 16 heteroatoms. The summed E-state index contributed by atoms with van der Waals surface area (Å²) < 4.78 is 5.49. The third-order valence-corrected chi connectivity index (χ3v) is 9.68. The molecule has 0 spiro atoms. The first kappa shape index (κ1) is 35.9. The zero-order valence-corrected chi connectivity index (χ0v) is 29.8. The molecule has 0 aliphatic rings. The van der Waals surface area contributed by atoms with Crippen LogP contribution < -0.4 is 10.6 Å². The van der Waals surface area contributed by atoms with Gasteiger partial charge in [0.2, 0.25) is 0 Å². The predicted octanol–water partition coefficient (Wildman–Crippen LogP) is 5.75. The van der Waals surface area contributed by atoms with E-state index in [2.05, 4.69) is 35.6 Å². The molecule has 5 N–H and O–H groups in total. The van der Waals surface area contributed by atoms with E-state index in [1.54, 1.807) is 24.8 Å². The first-order valence-electron chi connectivity index (χ1n) is 16.7. The Labute approximate surface area is 302 Å². The van der Waals surface area contributed by atoms with Gasteiger partial charge in [0.1, 0.15) is 22.9 Å². The average molecular weight is 727 g/mol. The number of aromatic nitrogens is 8. The van der Waals surface area contributed by atoms with Gasteiger partial charge in [-0.15, -0.1) is 0 Å². The van der Waals surface area contributed by atoms with E-state index in [1.165, 1.54) is 23.5 Å². The molecule has 0 amide bonds. The summed E-state index contributed by atoms with van der Waals surface area (Å²) >= 11 is 2.73. The number of nitrogens with one attached hydrogen (secondary N) is 4. The molecule has 0 aliphatic heterocycles. The monoisotopic (exact) mass is 726 g/mol. The summed E-state index contributed by atoms with van der Waals surface area (Å²) in [6, 6.07) is 7.54. The zero-order chi connectivity index (χ0) is 35.6. The van der Waals surface area contributed by atoms with E-state index in [4.69, 9.17) is 19.7 Å². The molecule has 0 saturated heterocycles. The Balaban J connectivity index is 1.17. The van der Waals surface area contributed by atoms with Gasteiger partial charge < -0.3 is 30.4 Å². The molecular weight excluding hydrogens is 689 g/mol. The third-order valence-electron chi connectivity index (χ3n) is 7.99. The van der Waals surface area contributed by atoms with Gasteiger partial charge >= 0.3 is 0 Å². The second kappa shape index (κ2) is 17.4. The highest BCUT2D eigenvalue weighted by molar-refractivity contribution is 7.99. The fourth-order valence-electron chi connectivity index (χ4n) is 5.62. The molecule has 6 heterocycles. The Morgan fingerprint density at radius 2 is 1.43 bits per heavy atom. The highest BCUT2D eigenvalue weighted by Crippen LogP contribution is 2.33. The molecule has 14 nitrogen and oxygen atoms in total. The maximum Gasteiger partial charge on any atom is 0.196 e. The van der Waals surface area contributed by atoms with Crippen molar-refractivity contribution in [3.05, 3.63) is 71.6 Å². The lowest BCUT2D eigenvalue weighted by Gasteiger charge is -2.14. The molecule has 1 atom stereocenters. The molecule has 6 aromatic heterocycles. The van der Waals surface area contributed by atoms with E-state index in [-0.39, 0.29) is 6.54 Å². The number of H-pyrrole nitrogens is 2. The van der Waals surface area contributed by atoms with Crippen molar-refractivity contribution in [2.24, 2.45) is 0 Å². The lowest BCUT2D eigenvalue weighted by atomic mass is 10.1. The molecule has 264 valence electrons. The van der Waals surface area contributed by atoms with Crippen LogP contribution in [0.15, 0.2) is 69.2 Å². The minimum Gasteiger partial charge on any atom is -0.391 e. The molecule has 0 saturated carbocycles. The van der Waals surface area contributed by atoms with Gasteiger partial charge in [0.15, 0.2) is 22.9 Å². The molecule has 0 fully saturated rings. The first-order chi connectivity index (χ1) is 25.0. The van der Waals surface area contributed by atoms with Crippen LogP contribution in [0.1, 0.15) is 58.8 Å². The summed E-state index contributed by atoms with van der Waals surface area (Å²) in [7, 11) is 0. The number of fused-ring (bicyclic) bond motifs is 2. The van der Waals surface area contributed by atoms with Crippen molar-refractivity contribution < 1.29 is 19.4 Å². The van der Waals surface area contributed by atoms with Crippen LogP contribution in [0, 0.1) is 0 Å². The largest absolute Gasteiger partial charge is 0.391 e. The van der Waals surface area contributed by atoms with Crippen LogP contribution >= 0.6 is 23.5 Å². The van der Waals surface area contributed by atoms with E-state index < -0.39 is 6.10 Å². The summed E-state index contributed by atoms with van der Waals surface area (Å²) in [4.78, 5) is 60.1. The highest BCUT2D eigenvalue weighted by Gasteiger charge is 2.21. The summed E-state index contributed by atoms with van der Waals surface area (Å²) in [5, 5.41) is 19.8. The van der Waals surface area contributed by atoms with Crippen molar-refractivity contribution in [1.29, 1.82) is 0 Å². The number of ether oxygens (including phenoxy) is 1. The van der Waals surface area contributed by atoms with Gasteiger partial charge in [-0.25, -0.2) is 19.9 Å². The Kier molecular flexibility index (Phi) is 12.2. The highest BCUT2D eigenvalue weighted by atomic mass is 32.2. The maximum absolute atomic E-state index is 12.4. The Morgan fingerprint density at radius 1 is 0.843 bits per heavy atom. The maximum atomic E-state index is 12.4. The second-order valence-corrected chi connectivity index (χ2v) is 13.5. The van der Waals surface area contributed by atoms with E-state index in [0.29, 0.717) is 101 Å². The third kappa shape index (κ3) is 8.71. The van der Waals surface area contributed by atoms with E-state index >= 15 is 0 Å². The molecule has 51 heavy (non-hydrogen) atoms. The number of aromatic amines is 2. The van der Waals surface area contributed by atoms with Gasteiger partial charge in [0.25, 0.3) is 0 Å². The van der Waals surface area contributed by atoms with E-state index in [0.717, 1.165) is 33.8 Å². The molecule has 0 radical (unpaired) electrons. The minimum absolute atomic E-state index is 0.190. The molecule has 0 unspecified atom stereocenters. The normalized spacial score (nSPS) is 12.0. The van der Waals surface area contributed by atoms with E-state index in [1.807, 2.05) is 38.1 Å². The number of aryl methyl sites for hydroxylation is 2. The van der Waals surface area contributed by atoms with Crippen molar-refractivity contribution in [2.45, 2.75) is 65.7 Å². The summed E-state index contributed by atoms with van der Waals surface area (Å²) in [6.45, 7) is 5.68. The quantitative estimate of drug-likeness (QED) is 0.0384. The fraction of sp³-hybridized carbons (Fsp3) is 0.314. The van der Waals surface area contributed by atoms with Crippen molar-refractivity contribution in [3.63, 3.8) is 0 Å². The lowest BCUT2D eigenvalue weighted by molar-refractivity contribution is 0.111. The van der Waals surface area contributed by atoms with Crippen LogP contribution in [-0.4, -0.2) is 90.0 Å². The average Bonchev–Trinajstić information content (AvgIpc) is 3.70. The van der Waals surface area contributed by atoms with Crippen LogP contribution in [0.2, 0.25) is 0 Å². The molecule has 0 bridgehead atoms. The Morgan fingerprint density at radius 3 is 1.98 bits per heavy atom. The van der Waals surface area contributed by atoms with Crippen molar-refractivity contribution in [2.75, 3.05) is 36.9 Å². The number of pyridine rings is 2. The van der Waals surface area contributed by atoms with Crippen LogP contribution in [0.3, 0.4) is 0 Å². The van der Waals surface area contributed by atoms with Gasteiger partial charge in [-0.1, -0.05) is 6.92 Å². The standard InChI is InChI=1S/C35H38N10O4S2/c1-3-26-24(19-46)28-31(43-35(44-32(28)40-26)51-23-10-7-13-37-18-23)39-16-21(48)8-5-11-27-25(20-47)29-30(38-14-15-49-4-2)42-34(45-33(29)41-27)50-22-9-6-12-36-17-22/h6-7,9-10,12-13,17-21,48H,3-5,8,11,14-16H2,1-2H3,(H2,38,41,42,45)(H2,39,40,43,44)/t21-/m0/s1. The van der Waals surface area contributed by atoms with Gasteiger partial charge in [-0.3, -0.25) is 19.6 Å². The lowest BCUT2D eigenvalue weighted by Crippen LogP contribution is -2.20. The number of aldehydes is 2. The summed E-state index contributed by atoms with van der Waals surface area (Å²) in [5.41, 5.74) is 3.56. The SMILES string of the molecule is CCOCCNc1nc(Sc2cccnc2)nc2[nH]c(CCC[C@H](O)CNc3nc(Sc4cccnc4)nc4[nH]c(CC)c(C=O)c34)c(C=O)c12. The second-order valence-electron chi connectivity index (χ2n) is 11.4. The number of rotatable bonds is 19. The van der Waals surface area contributed by atoms with Crippen LogP contribution in [0.4, 0.5) is 11.6 Å². The smallest absolute Gasteiger partial charge is 0.196 e. The van der Waals surface area contributed by atoms with Gasteiger partial charge in [-0.2, -0.15) is 0 Å². The molecule has 6 aromatic rings. The van der Waals surface area contributed by atoms with Crippen LogP contribution in [0.25, 0.3) is 22.1 Å². The van der Waals surface area contributed by atoms with E-state index in [9.17, 15) is 14.7 Å². The summed E-state index contributed by atoms with van der Waals surface area (Å²) in [6.07, 6.45) is 9.92. The molecule has 6 rings (SSSR count). The number of carbonyl (C=O) groups is 2. The van der Waals surface area contributed by atoms with Gasteiger partial charge in [-0.05, 0) is 80.4 Å².